The molecule has 3 atom stereocenters. The number of nitrogens with one attached hydrogen (secondary N) is 1. The van der Waals surface area contributed by atoms with Crippen molar-refractivity contribution in [1.29, 1.82) is 0 Å². The smallest absolute Gasteiger partial charge is 0.193 e. The maximum atomic E-state index is 4.58. The highest BCUT2D eigenvalue weighted by Crippen LogP contribution is 2.35. The van der Waals surface area contributed by atoms with Gasteiger partial charge in [0.15, 0.2) is 5.96 Å². The van der Waals surface area contributed by atoms with Gasteiger partial charge in [-0.3, -0.25) is 4.99 Å². The molecular weight excluding hydrogens is 437 g/mol. The van der Waals surface area contributed by atoms with Crippen LogP contribution in [0.3, 0.4) is 0 Å². The highest BCUT2D eigenvalue weighted by molar-refractivity contribution is 14.0. The number of fused-ring (bicyclic) bond motifs is 1. The fourth-order valence-electron chi connectivity index (χ4n) is 4.97. The second-order valence-corrected chi connectivity index (χ2v) is 8.48. The molecule has 0 aromatic carbocycles. The van der Waals surface area contributed by atoms with E-state index in [1.165, 1.54) is 78.0 Å². The number of hydrogen-bond acceptors (Lipinski definition) is 3. The minimum absolute atomic E-state index is 0. The fraction of sp³-hybridized carbons (Fsp3) is 0.950. The van der Waals surface area contributed by atoms with Crippen molar-refractivity contribution in [2.24, 2.45) is 22.7 Å². The lowest BCUT2D eigenvalue weighted by atomic mass is 9.82. The molecule has 1 saturated carbocycles. The van der Waals surface area contributed by atoms with Gasteiger partial charge in [0.2, 0.25) is 0 Å². The summed E-state index contributed by atoms with van der Waals surface area (Å²) in [5, 5.41) is 3.67. The molecule has 0 spiro atoms. The van der Waals surface area contributed by atoms with E-state index < -0.39 is 0 Å². The standard InChI is InChI=1S/C20H39N5.HI/c1-4-23-9-11-24(12-10-23)14-17(2)13-22-20(21-3)25-15-18-7-5-6-8-19(18)16-25;/h17-19H,4-16H2,1-3H3,(H,21,22);1H. The molecule has 1 N–H and O–H groups in total. The average molecular weight is 477 g/mol. The number of halogens is 1. The average Bonchev–Trinajstić information content (AvgIpc) is 3.06. The van der Waals surface area contributed by atoms with E-state index in [4.69, 9.17) is 0 Å². The molecule has 152 valence electrons. The predicted molar refractivity (Wildman–Crippen MR) is 122 cm³/mol. The number of guanidine groups is 1. The van der Waals surface area contributed by atoms with Crippen molar-refractivity contribution in [2.75, 3.05) is 66.0 Å². The van der Waals surface area contributed by atoms with Crippen LogP contribution in [0.2, 0.25) is 0 Å². The zero-order chi connectivity index (χ0) is 17.6. The molecule has 2 saturated heterocycles. The topological polar surface area (TPSA) is 34.1 Å². The van der Waals surface area contributed by atoms with Gasteiger partial charge in [-0.05, 0) is 37.1 Å². The molecule has 0 amide bonds. The summed E-state index contributed by atoms with van der Waals surface area (Å²) in [5.74, 6) is 3.63. The maximum absolute atomic E-state index is 4.58. The largest absolute Gasteiger partial charge is 0.356 e. The zero-order valence-electron chi connectivity index (χ0n) is 17.1. The summed E-state index contributed by atoms with van der Waals surface area (Å²) in [6, 6.07) is 0. The Hall–Kier alpha value is -0.0800. The molecular formula is C20H40IN5. The van der Waals surface area contributed by atoms with Crippen LogP contribution in [0.4, 0.5) is 0 Å². The Bertz CT molecular complexity index is 422. The van der Waals surface area contributed by atoms with Crippen molar-refractivity contribution in [3.63, 3.8) is 0 Å². The predicted octanol–water partition coefficient (Wildman–Crippen LogP) is 2.58. The highest BCUT2D eigenvalue weighted by Gasteiger charge is 2.35. The van der Waals surface area contributed by atoms with E-state index >= 15 is 0 Å². The summed E-state index contributed by atoms with van der Waals surface area (Å²) in [6.45, 7) is 15.4. The molecule has 3 rings (SSSR count). The zero-order valence-corrected chi connectivity index (χ0v) is 19.5. The molecule has 5 nitrogen and oxygen atoms in total. The minimum atomic E-state index is 0. The van der Waals surface area contributed by atoms with E-state index in [0.29, 0.717) is 5.92 Å². The Morgan fingerprint density at radius 3 is 2.15 bits per heavy atom. The lowest BCUT2D eigenvalue weighted by Gasteiger charge is -2.35. The van der Waals surface area contributed by atoms with E-state index in [-0.39, 0.29) is 24.0 Å². The summed E-state index contributed by atoms with van der Waals surface area (Å²) in [4.78, 5) is 12.3. The van der Waals surface area contributed by atoms with E-state index in [9.17, 15) is 0 Å². The number of likely N-dealkylation sites (N-methyl/N-ethyl adjacent to an activating group) is 1. The fourth-order valence-corrected chi connectivity index (χ4v) is 4.97. The lowest BCUT2D eigenvalue weighted by Crippen LogP contribution is -2.49. The molecule has 0 aromatic rings. The van der Waals surface area contributed by atoms with Gasteiger partial charge in [0, 0.05) is 59.4 Å². The SMILES string of the molecule is CCN1CCN(CC(C)CNC(=NC)N2CC3CCCCC3C2)CC1.I. The third-order valence-electron chi connectivity index (χ3n) is 6.58. The summed E-state index contributed by atoms with van der Waals surface area (Å²) in [6.07, 6.45) is 5.73. The molecule has 3 unspecified atom stereocenters. The van der Waals surface area contributed by atoms with Crippen molar-refractivity contribution in [2.45, 2.75) is 39.5 Å². The summed E-state index contributed by atoms with van der Waals surface area (Å²) >= 11 is 0. The molecule has 26 heavy (non-hydrogen) atoms. The monoisotopic (exact) mass is 477 g/mol. The van der Waals surface area contributed by atoms with Crippen molar-refractivity contribution in [1.82, 2.24) is 20.0 Å². The first-order valence-corrected chi connectivity index (χ1v) is 10.6. The molecule has 0 aromatic heterocycles. The summed E-state index contributed by atoms with van der Waals surface area (Å²) < 4.78 is 0. The van der Waals surface area contributed by atoms with E-state index in [0.717, 1.165) is 24.3 Å². The molecule has 0 bridgehead atoms. The third kappa shape index (κ3) is 5.96. The lowest BCUT2D eigenvalue weighted by molar-refractivity contribution is 0.124. The van der Waals surface area contributed by atoms with Crippen LogP contribution in [0, 0.1) is 17.8 Å². The summed E-state index contributed by atoms with van der Waals surface area (Å²) in [5.41, 5.74) is 0. The van der Waals surface area contributed by atoms with Gasteiger partial charge in [0.05, 0.1) is 0 Å². The van der Waals surface area contributed by atoms with Gasteiger partial charge in [-0.1, -0.05) is 26.7 Å². The molecule has 6 heteroatoms. The van der Waals surface area contributed by atoms with Gasteiger partial charge in [0.25, 0.3) is 0 Å². The Labute approximate surface area is 178 Å². The molecule has 3 aliphatic rings. The van der Waals surface area contributed by atoms with Crippen LogP contribution in [-0.4, -0.2) is 86.6 Å². The van der Waals surface area contributed by atoms with Gasteiger partial charge >= 0.3 is 0 Å². The number of nitrogens with zero attached hydrogens (tertiary/aromatic N) is 4. The van der Waals surface area contributed by atoms with Crippen LogP contribution in [0.15, 0.2) is 4.99 Å². The van der Waals surface area contributed by atoms with Gasteiger partial charge in [-0.25, -0.2) is 0 Å². The van der Waals surface area contributed by atoms with Crippen molar-refractivity contribution < 1.29 is 0 Å². The minimum Gasteiger partial charge on any atom is -0.356 e. The number of rotatable bonds is 5. The van der Waals surface area contributed by atoms with Crippen LogP contribution in [-0.2, 0) is 0 Å². The normalized spacial score (nSPS) is 29.2. The molecule has 0 radical (unpaired) electrons. The molecule has 3 fully saturated rings. The van der Waals surface area contributed by atoms with Gasteiger partial charge < -0.3 is 20.0 Å². The molecule has 1 aliphatic carbocycles. The first-order chi connectivity index (χ1) is 12.2. The van der Waals surface area contributed by atoms with Crippen molar-refractivity contribution in [3.05, 3.63) is 0 Å². The number of aliphatic imine (C=N–C) groups is 1. The van der Waals surface area contributed by atoms with Crippen molar-refractivity contribution >= 4 is 29.9 Å². The quantitative estimate of drug-likeness (QED) is 0.375. The summed E-state index contributed by atoms with van der Waals surface area (Å²) in [7, 11) is 1.94. The Balaban J connectivity index is 0.00000243. The number of likely N-dealkylation sites (tertiary alicyclic amines) is 1. The van der Waals surface area contributed by atoms with Crippen LogP contribution in [0.1, 0.15) is 39.5 Å². The number of piperazine rings is 1. The van der Waals surface area contributed by atoms with Crippen LogP contribution in [0.25, 0.3) is 0 Å². The molecule has 2 heterocycles. The van der Waals surface area contributed by atoms with Crippen LogP contribution in [0.5, 0.6) is 0 Å². The van der Waals surface area contributed by atoms with Crippen LogP contribution >= 0.6 is 24.0 Å². The Morgan fingerprint density at radius 1 is 1.04 bits per heavy atom. The first kappa shape index (κ1) is 22.2. The Kier molecular flexibility index (Phi) is 9.44. The van der Waals surface area contributed by atoms with E-state index in [2.05, 4.69) is 38.9 Å². The second kappa shape index (κ2) is 11.1. The number of hydrogen-bond donors (Lipinski definition) is 1. The van der Waals surface area contributed by atoms with Gasteiger partial charge in [-0.15, -0.1) is 24.0 Å². The second-order valence-electron chi connectivity index (χ2n) is 8.48. The molecule has 2 aliphatic heterocycles. The maximum Gasteiger partial charge on any atom is 0.193 e. The van der Waals surface area contributed by atoms with Gasteiger partial charge in [-0.2, -0.15) is 0 Å². The third-order valence-corrected chi connectivity index (χ3v) is 6.58. The first-order valence-electron chi connectivity index (χ1n) is 10.6. The Morgan fingerprint density at radius 2 is 1.62 bits per heavy atom. The van der Waals surface area contributed by atoms with E-state index in [1.54, 1.807) is 0 Å². The van der Waals surface area contributed by atoms with E-state index in [1.807, 2.05) is 7.05 Å². The van der Waals surface area contributed by atoms with Crippen LogP contribution < -0.4 is 5.32 Å². The highest BCUT2D eigenvalue weighted by atomic mass is 127. The van der Waals surface area contributed by atoms with Gasteiger partial charge in [0.1, 0.15) is 0 Å². The van der Waals surface area contributed by atoms with Crippen molar-refractivity contribution in [3.8, 4) is 0 Å².